The topological polar surface area (TPSA) is 107 Å². The van der Waals surface area contributed by atoms with Gasteiger partial charge in [0.05, 0.1) is 23.7 Å². The van der Waals surface area contributed by atoms with Crippen LogP contribution in [-0.4, -0.2) is 72.3 Å². The fourth-order valence-electron chi connectivity index (χ4n) is 4.53. The highest BCUT2D eigenvalue weighted by molar-refractivity contribution is 7.90. The second-order valence-electron chi connectivity index (χ2n) is 12.9. The smallest absolute Gasteiger partial charge is 0.410 e. The molecule has 2 amide bonds. The molecule has 0 atom stereocenters. The quantitative estimate of drug-likeness (QED) is 0.294. The average Bonchev–Trinajstić information content (AvgIpc) is 3.30. The van der Waals surface area contributed by atoms with Crippen molar-refractivity contribution in [3.63, 3.8) is 0 Å². The highest BCUT2D eigenvalue weighted by atomic mass is 32.2. The molecular weight excluding hydrogens is 589 g/mol. The number of rotatable bonds is 8. The van der Waals surface area contributed by atoms with Crippen LogP contribution in [-0.2, 0) is 26.0 Å². The lowest BCUT2D eigenvalue weighted by Crippen LogP contribution is -2.53. The molecule has 1 saturated heterocycles. The maximum absolute atomic E-state index is 14.9. The number of halogens is 1. The van der Waals surface area contributed by atoms with Crippen molar-refractivity contribution in [1.82, 2.24) is 13.8 Å². The van der Waals surface area contributed by atoms with Crippen LogP contribution in [0.4, 0.5) is 14.0 Å². The van der Waals surface area contributed by atoms with Gasteiger partial charge in [-0.3, -0.25) is 0 Å². The summed E-state index contributed by atoms with van der Waals surface area (Å²) < 4.78 is 60.6. The van der Waals surface area contributed by atoms with Crippen LogP contribution >= 0.6 is 0 Å². The van der Waals surface area contributed by atoms with Crippen LogP contribution in [0.2, 0.25) is 0 Å². The Balaban J connectivity index is 1.54. The number of hydrogen-bond donors (Lipinski definition) is 0. The van der Waals surface area contributed by atoms with Gasteiger partial charge in [0.15, 0.2) is 0 Å². The first-order valence-electron chi connectivity index (χ1n) is 14.3. The van der Waals surface area contributed by atoms with Gasteiger partial charge in [-0.15, -0.1) is 0 Å². The number of benzene rings is 2. The lowest BCUT2D eigenvalue weighted by molar-refractivity contribution is -0.00785. The van der Waals surface area contributed by atoms with E-state index in [2.05, 4.69) is 0 Å². The molecule has 0 unspecified atom stereocenters. The van der Waals surface area contributed by atoms with Crippen molar-refractivity contribution in [2.24, 2.45) is 5.92 Å². The molecule has 3 aromatic rings. The van der Waals surface area contributed by atoms with Crippen molar-refractivity contribution in [2.45, 2.75) is 64.2 Å². The van der Waals surface area contributed by atoms with E-state index in [1.54, 1.807) is 57.0 Å². The van der Waals surface area contributed by atoms with Gasteiger partial charge in [0.1, 0.15) is 22.8 Å². The Morgan fingerprint density at radius 1 is 0.955 bits per heavy atom. The van der Waals surface area contributed by atoms with Crippen LogP contribution in [0.5, 0.6) is 5.75 Å². The number of ether oxygens (including phenoxy) is 3. The number of hydrogen-bond acceptors (Lipinski definition) is 7. The zero-order chi connectivity index (χ0) is 32.4. The van der Waals surface area contributed by atoms with E-state index in [4.69, 9.17) is 14.2 Å². The molecule has 1 aromatic heterocycles. The molecule has 0 bridgehead atoms. The third-order valence-corrected chi connectivity index (χ3v) is 8.24. The van der Waals surface area contributed by atoms with E-state index in [1.807, 2.05) is 20.8 Å². The summed E-state index contributed by atoms with van der Waals surface area (Å²) in [5.41, 5.74) is -0.618. The van der Waals surface area contributed by atoms with Gasteiger partial charge in [0.2, 0.25) is 0 Å². The molecule has 0 spiro atoms. The largest absolute Gasteiger partial charge is 0.493 e. The summed E-state index contributed by atoms with van der Waals surface area (Å²) in [4.78, 5) is 27.6. The fraction of sp³-hybridized carbons (Fsp3) is 0.438. The first kappa shape index (κ1) is 32.8. The van der Waals surface area contributed by atoms with Crippen molar-refractivity contribution >= 4 is 22.2 Å². The summed E-state index contributed by atoms with van der Waals surface area (Å²) in [7, 11) is -2.68. The zero-order valence-corrected chi connectivity index (χ0v) is 27.0. The van der Waals surface area contributed by atoms with Crippen molar-refractivity contribution in [3.05, 3.63) is 72.2 Å². The molecule has 10 nitrogen and oxygen atoms in total. The number of likely N-dealkylation sites (tertiary alicyclic amines) is 1. The van der Waals surface area contributed by atoms with Gasteiger partial charge in [0.25, 0.3) is 10.0 Å². The SMILES string of the molecule is CN(Cc1cc(-c2ccccc2F)n(S(=O)(=O)c2cccc(OCC3CN(C(=O)OC(C)(C)C)C3)c2)c1)C(=O)OC(C)(C)C. The van der Waals surface area contributed by atoms with Crippen LogP contribution in [0, 0.1) is 11.7 Å². The fourth-order valence-corrected chi connectivity index (χ4v) is 5.96. The van der Waals surface area contributed by atoms with Gasteiger partial charge in [-0.25, -0.2) is 26.4 Å². The van der Waals surface area contributed by atoms with Crippen LogP contribution in [0.1, 0.15) is 47.1 Å². The molecular formula is C32H40FN3O7S. The Morgan fingerprint density at radius 3 is 2.25 bits per heavy atom. The number of carbonyl (C=O) groups is 2. The molecule has 1 fully saturated rings. The Morgan fingerprint density at radius 2 is 1.61 bits per heavy atom. The maximum Gasteiger partial charge on any atom is 0.410 e. The summed E-state index contributed by atoms with van der Waals surface area (Å²) in [6.07, 6.45) is 0.424. The lowest BCUT2D eigenvalue weighted by atomic mass is 10.0. The Bertz CT molecular complexity index is 1620. The maximum atomic E-state index is 14.9. The second kappa shape index (κ2) is 12.5. The van der Waals surface area contributed by atoms with E-state index in [1.165, 1.54) is 41.4 Å². The molecule has 0 saturated carbocycles. The van der Waals surface area contributed by atoms with Crippen molar-refractivity contribution in [2.75, 3.05) is 26.7 Å². The Labute approximate surface area is 258 Å². The highest BCUT2D eigenvalue weighted by Crippen LogP contribution is 2.31. The molecule has 238 valence electrons. The summed E-state index contributed by atoms with van der Waals surface area (Å²) in [6.45, 7) is 11.9. The minimum atomic E-state index is -4.22. The third kappa shape index (κ3) is 8.10. The van der Waals surface area contributed by atoms with Crippen LogP contribution in [0.25, 0.3) is 11.3 Å². The first-order chi connectivity index (χ1) is 20.4. The van der Waals surface area contributed by atoms with E-state index in [0.29, 0.717) is 24.4 Å². The molecule has 0 radical (unpaired) electrons. The Kier molecular flexibility index (Phi) is 9.34. The number of aromatic nitrogens is 1. The van der Waals surface area contributed by atoms with Gasteiger partial charge in [0, 0.05) is 43.9 Å². The lowest BCUT2D eigenvalue weighted by Gasteiger charge is -2.39. The normalized spacial score (nSPS) is 14.1. The molecule has 4 rings (SSSR count). The van der Waals surface area contributed by atoms with Crippen LogP contribution in [0.3, 0.4) is 0 Å². The van der Waals surface area contributed by atoms with Crippen molar-refractivity contribution in [3.8, 4) is 17.0 Å². The van der Waals surface area contributed by atoms with E-state index in [0.717, 1.165) is 3.97 Å². The molecule has 0 aliphatic carbocycles. The predicted octanol–water partition coefficient (Wildman–Crippen LogP) is 6.14. The monoisotopic (exact) mass is 629 g/mol. The number of carbonyl (C=O) groups excluding carboxylic acids is 2. The molecule has 12 heteroatoms. The summed E-state index contributed by atoms with van der Waals surface area (Å²) >= 11 is 0. The van der Waals surface area contributed by atoms with Gasteiger partial charge in [-0.05, 0) is 77.4 Å². The first-order valence-corrected chi connectivity index (χ1v) is 15.7. The van der Waals surface area contributed by atoms with Gasteiger partial charge >= 0.3 is 12.2 Å². The second-order valence-corrected chi connectivity index (χ2v) is 14.7. The van der Waals surface area contributed by atoms with Crippen molar-refractivity contribution < 1.29 is 36.6 Å². The molecule has 2 aromatic carbocycles. The minimum Gasteiger partial charge on any atom is -0.493 e. The molecule has 0 N–H and O–H groups in total. The van der Waals surface area contributed by atoms with Gasteiger partial charge in [-0.1, -0.05) is 18.2 Å². The highest BCUT2D eigenvalue weighted by Gasteiger charge is 2.34. The zero-order valence-electron chi connectivity index (χ0n) is 26.2. The average molecular weight is 630 g/mol. The molecule has 1 aliphatic heterocycles. The molecule has 1 aliphatic rings. The van der Waals surface area contributed by atoms with E-state index in [-0.39, 0.29) is 41.3 Å². The van der Waals surface area contributed by atoms with E-state index >= 15 is 0 Å². The standard InChI is InChI=1S/C32H40FN3O7S/c1-31(2,3)42-29(37)34(7)17-22-15-28(26-13-8-9-14-27(26)33)36(20-22)44(39,40)25-12-10-11-24(16-25)41-21-23-18-35(19-23)30(38)43-32(4,5)6/h8-16,20,23H,17-19,21H2,1-7H3. The summed E-state index contributed by atoms with van der Waals surface area (Å²) in [5, 5.41) is 0. The molecule has 2 heterocycles. The van der Waals surface area contributed by atoms with Crippen LogP contribution in [0.15, 0.2) is 65.7 Å². The minimum absolute atomic E-state index is 0.0315. The Hall–Kier alpha value is -4.06. The van der Waals surface area contributed by atoms with Gasteiger partial charge < -0.3 is 24.0 Å². The number of amides is 2. The summed E-state index contributed by atoms with van der Waals surface area (Å²) in [5.74, 6) is -0.178. The number of nitrogens with zero attached hydrogens (tertiary/aromatic N) is 3. The van der Waals surface area contributed by atoms with Crippen molar-refractivity contribution in [1.29, 1.82) is 0 Å². The predicted molar refractivity (Wildman–Crippen MR) is 163 cm³/mol. The van der Waals surface area contributed by atoms with E-state index < -0.39 is 33.1 Å². The van der Waals surface area contributed by atoms with E-state index in [9.17, 15) is 22.4 Å². The van der Waals surface area contributed by atoms with Crippen LogP contribution < -0.4 is 4.74 Å². The summed E-state index contributed by atoms with van der Waals surface area (Å²) in [6, 6.07) is 13.5. The van der Waals surface area contributed by atoms with Gasteiger partial charge in [-0.2, -0.15) is 0 Å². The third-order valence-electron chi connectivity index (χ3n) is 6.57. The molecule has 44 heavy (non-hydrogen) atoms.